The Kier molecular flexibility index (Phi) is 11.4. The van der Waals surface area contributed by atoms with Crippen LogP contribution in [0.1, 0.15) is 40.5 Å². The number of morpholine rings is 1. The van der Waals surface area contributed by atoms with Gasteiger partial charge in [-0.1, -0.05) is 0 Å². The Morgan fingerprint density at radius 2 is 1.96 bits per heavy atom. The maximum Gasteiger partial charge on any atom is 0.191 e. The second kappa shape index (κ2) is 12.4. The molecule has 27 heavy (non-hydrogen) atoms. The number of halogens is 1. The number of guanidine groups is 1. The van der Waals surface area contributed by atoms with Gasteiger partial charge in [-0.25, -0.2) is 0 Å². The summed E-state index contributed by atoms with van der Waals surface area (Å²) in [6.07, 6.45) is 2.66. The minimum atomic E-state index is -0.836. The van der Waals surface area contributed by atoms with E-state index in [9.17, 15) is 5.11 Å². The first kappa shape index (κ1) is 24.9. The van der Waals surface area contributed by atoms with E-state index in [1.165, 1.54) is 12.8 Å². The van der Waals surface area contributed by atoms with E-state index in [2.05, 4.69) is 46.2 Å². The molecule has 0 aromatic carbocycles. The number of aliphatic imine (C=N–C) groups is 1. The molecule has 7 nitrogen and oxygen atoms in total. The summed E-state index contributed by atoms with van der Waals surface area (Å²) < 4.78 is 5.37. The van der Waals surface area contributed by atoms with E-state index >= 15 is 0 Å². The van der Waals surface area contributed by atoms with E-state index in [0.717, 1.165) is 57.9 Å². The number of nitrogens with one attached hydrogen (secondary N) is 2. The summed E-state index contributed by atoms with van der Waals surface area (Å²) in [5.41, 5.74) is -0.836. The SMILES string of the molecule is CCNC(=NCC(C)(O)CN1CCOCC1)NCCN(C(C)C)C1CC1.I. The number of hydrogen-bond acceptors (Lipinski definition) is 5. The van der Waals surface area contributed by atoms with Crippen LogP contribution in [-0.2, 0) is 4.74 Å². The Labute approximate surface area is 182 Å². The Morgan fingerprint density at radius 1 is 1.30 bits per heavy atom. The lowest BCUT2D eigenvalue weighted by molar-refractivity contribution is -0.0179. The van der Waals surface area contributed by atoms with Crippen molar-refractivity contribution in [1.82, 2.24) is 20.4 Å². The first-order valence-corrected chi connectivity index (χ1v) is 10.2. The molecular weight excluding hydrogens is 457 g/mol. The summed E-state index contributed by atoms with van der Waals surface area (Å²) in [5, 5.41) is 17.4. The van der Waals surface area contributed by atoms with Crippen LogP contribution in [0.3, 0.4) is 0 Å². The first-order chi connectivity index (χ1) is 12.4. The van der Waals surface area contributed by atoms with Gasteiger partial charge < -0.3 is 20.5 Å². The molecule has 0 spiro atoms. The third-order valence-electron chi connectivity index (χ3n) is 4.93. The zero-order valence-corrected chi connectivity index (χ0v) is 19.9. The molecule has 2 rings (SSSR count). The largest absolute Gasteiger partial charge is 0.387 e. The Balaban J connectivity index is 0.00000364. The van der Waals surface area contributed by atoms with Crippen LogP contribution in [0.25, 0.3) is 0 Å². The Hall–Kier alpha value is -0.160. The fraction of sp³-hybridized carbons (Fsp3) is 0.947. The molecule has 0 aromatic rings. The van der Waals surface area contributed by atoms with Crippen molar-refractivity contribution in [2.24, 2.45) is 4.99 Å². The van der Waals surface area contributed by atoms with Gasteiger partial charge in [0.1, 0.15) is 0 Å². The molecule has 2 aliphatic rings. The summed E-state index contributed by atoms with van der Waals surface area (Å²) >= 11 is 0. The highest BCUT2D eigenvalue weighted by atomic mass is 127. The summed E-state index contributed by atoms with van der Waals surface area (Å²) in [6, 6.07) is 1.35. The molecule has 1 aliphatic carbocycles. The molecule has 0 amide bonds. The molecule has 0 radical (unpaired) electrons. The van der Waals surface area contributed by atoms with Crippen LogP contribution in [-0.4, -0.2) is 97.6 Å². The normalized spacial score (nSPS) is 21.1. The summed E-state index contributed by atoms with van der Waals surface area (Å²) in [4.78, 5) is 9.43. The highest BCUT2D eigenvalue weighted by Gasteiger charge is 2.30. The van der Waals surface area contributed by atoms with Gasteiger partial charge in [-0.05, 0) is 40.5 Å². The highest BCUT2D eigenvalue weighted by molar-refractivity contribution is 14.0. The van der Waals surface area contributed by atoms with Crippen LogP contribution in [0.2, 0.25) is 0 Å². The zero-order chi connectivity index (χ0) is 19.0. The van der Waals surface area contributed by atoms with Crippen LogP contribution in [0.4, 0.5) is 0 Å². The smallest absolute Gasteiger partial charge is 0.191 e. The van der Waals surface area contributed by atoms with Crippen molar-refractivity contribution in [2.45, 2.75) is 58.2 Å². The molecule has 1 heterocycles. The predicted molar refractivity (Wildman–Crippen MR) is 122 cm³/mol. The molecule has 2 fully saturated rings. The fourth-order valence-electron chi connectivity index (χ4n) is 3.45. The van der Waals surface area contributed by atoms with E-state index in [1.54, 1.807) is 0 Å². The van der Waals surface area contributed by atoms with E-state index < -0.39 is 5.60 Å². The van der Waals surface area contributed by atoms with Gasteiger partial charge in [0.05, 0.1) is 25.4 Å². The van der Waals surface area contributed by atoms with Crippen molar-refractivity contribution < 1.29 is 9.84 Å². The Morgan fingerprint density at radius 3 is 2.52 bits per heavy atom. The molecule has 1 saturated heterocycles. The first-order valence-electron chi connectivity index (χ1n) is 10.2. The topological polar surface area (TPSA) is 72.4 Å². The molecule has 1 unspecified atom stereocenters. The molecular formula is C19H40IN5O2. The van der Waals surface area contributed by atoms with E-state index in [1.807, 2.05) is 6.92 Å². The standard InChI is InChI=1S/C19H39N5O2.HI/c1-5-20-18(21-8-9-24(16(2)3)17-6-7-17)22-14-19(4,25)15-23-10-12-26-13-11-23;/h16-17,25H,5-15H2,1-4H3,(H2,20,21,22);1H. The number of aliphatic hydroxyl groups is 1. The highest BCUT2D eigenvalue weighted by Crippen LogP contribution is 2.27. The van der Waals surface area contributed by atoms with Crippen molar-refractivity contribution in [1.29, 1.82) is 0 Å². The third kappa shape index (κ3) is 9.74. The van der Waals surface area contributed by atoms with Crippen molar-refractivity contribution >= 4 is 29.9 Å². The lowest BCUT2D eigenvalue weighted by atomic mass is 10.1. The number of nitrogens with zero attached hydrogens (tertiary/aromatic N) is 3. The van der Waals surface area contributed by atoms with E-state index in [4.69, 9.17) is 4.74 Å². The van der Waals surface area contributed by atoms with E-state index in [0.29, 0.717) is 19.1 Å². The molecule has 0 bridgehead atoms. The average molecular weight is 497 g/mol. The quantitative estimate of drug-likeness (QED) is 0.239. The van der Waals surface area contributed by atoms with Gasteiger partial charge in [-0.3, -0.25) is 14.8 Å². The molecule has 1 atom stereocenters. The molecule has 0 aromatic heterocycles. The monoisotopic (exact) mass is 497 g/mol. The van der Waals surface area contributed by atoms with Crippen molar-refractivity contribution in [3.05, 3.63) is 0 Å². The van der Waals surface area contributed by atoms with Crippen LogP contribution < -0.4 is 10.6 Å². The summed E-state index contributed by atoms with van der Waals surface area (Å²) in [7, 11) is 0. The van der Waals surface area contributed by atoms with Gasteiger partial charge >= 0.3 is 0 Å². The van der Waals surface area contributed by atoms with E-state index in [-0.39, 0.29) is 24.0 Å². The van der Waals surface area contributed by atoms with Crippen LogP contribution >= 0.6 is 24.0 Å². The number of β-amino-alcohol motifs (C(OH)–C–C–N with tert-alkyl or cyclic N) is 1. The van der Waals surface area contributed by atoms with Crippen LogP contribution in [0, 0.1) is 0 Å². The van der Waals surface area contributed by atoms with Crippen molar-refractivity contribution in [3.63, 3.8) is 0 Å². The van der Waals surface area contributed by atoms with Gasteiger partial charge in [0.15, 0.2) is 5.96 Å². The maximum atomic E-state index is 10.7. The van der Waals surface area contributed by atoms with Crippen LogP contribution in [0.15, 0.2) is 4.99 Å². The van der Waals surface area contributed by atoms with Gasteiger partial charge in [0.2, 0.25) is 0 Å². The van der Waals surface area contributed by atoms with Crippen molar-refractivity contribution in [2.75, 3.05) is 59.0 Å². The third-order valence-corrected chi connectivity index (χ3v) is 4.93. The minimum Gasteiger partial charge on any atom is -0.387 e. The molecule has 1 saturated carbocycles. The fourth-order valence-corrected chi connectivity index (χ4v) is 3.45. The van der Waals surface area contributed by atoms with Crippen molar-refractivity contribution in [3.8, 4) is 0 Å². The van der Waals surface area contributed by atoms with Gasteiger partial charge in [-0.2, -0.15) is 0 Å². The Bertz CT molecular complexity index is 436. The van der Waals surface area contributed by atoms with Gasteiger partial charge in [0, 0.05) is 51.4 Å². The predicted octanol–water partition coefficient (Wildman–Crippen LogP) is 1.12. The average Bonchev–Trinajstić information content (AvgIpc) is 3.41. The summed E-state index contributed by atoms with van der Waals surface area (Å²) in [6.45, 7) is 15.4. The number of hydrogen-bond donors (Lipinski definition) is 3. The second-order valence-electron chi connectivity index (χ2n) is 8.07. The van der Waals surface area contributed by atoms with Gasteiger partial charge in [0.25, 0.3) is 0 Å². The maximum absolute atomic E-state index is 10.7. The lowest BCUT2D eigenvalue weighted by Crippen LogP contribution is -2.48. The van der Waals surface area contributed by atoms with Gasteiger partial charge in [-0.15, -0.1) is 24.0 Å². The molecule has 1 aliphatic heterocycles. The molecule has 3 N–H and O–H groups in total. The molecule has 160 valence electrons. The second-order valence-corrected chi connectivity index (χ2v) is 8.07. The lowest BCUT2D eigenvalue weighted by Gasteiger charge is -2.33. The number of rotatable bonds is 10. The van der Waals surface area contributed by atoms with Crippen LogP contribution in [0.5, 0.6) is 0 Å². The summed E-state index contributed by atoms with van der Waals surface area (Å²) in [5.74, 6) is 0.786. The number of ether oxygens (including phenoxy) is 1. The minimum absolute atomic E-state index is 0. The molecule has 8 heteroatoms. The zero-order valence-electron chi connectivity index (χ0n) is 17.5.